The second kappa shape index (κ2) is 22.9. The Morgan fingerprint density at radius 1 is 0.839 bits per heavy atom. The standard InChI is InChI=1S/C37H50NSSi.C13H24O2.Ir/c1-8-29(9-2)40(30(10-3)11-4,31-18-13-12-14-19-31)37-26(7)32-21-22-38-35(36(32)39-37)28-23-27-17-15-16-20-33(27)34(24-28)25(5)6;1-5-10(6-2)12(14)9-13(15)11(7-3)8-4;/h15-17,20-22,24-25,29-31H,8-14,18-19H2,1-7H3;9-11,14H,5-8H2,1-4H3;/q-1;;/b;12-9-;. The Balaban J connectivity index is 0.000000448. The molecule has 5 rings (SSSR count). The van der Waals surface area contributed by atoms with Crippen molar-refractivity contribution in [3.63, 3.8) is 0 Å². The molecule has 2 heterocycles. The minimum Gasteiger partial charge on any atom is -0.512 e. The molecule has 4 aromatic rings. The summed E-state index contributed by atoms with van der Waals surface area (Å²) in [4.78, 5) is 16.8. The molecule has 6 heteroatoms. The Morgan fingerprint density at radius 2 is 1.41 bits per heavy atom. The molecule has 3 nitrogen and oxygen atoms in total. The van der Waals surface area contributed by atoms with E-state index in [-0.39, 0.29) is 43.5 Å². The number of nitrogens with zero attached hydrogens (tertiary/aromatic N) is 1. The molecule has 1 N–H and O–H groups in total. The van der Waals surface area contributed by atoms with E-state index in [2.05, 4.69) is 108 Å². The van der Waals surface area contributed by atoms with Gasteiger partial charge in [-0.15, -0.1) is 29.1 Å². The number of pyridine rings is 1. The average Bonchev–Trinajstić information content (AvgIpc) is 3.55. The quantitative estimate of drug-likeness (QED) is 0.0496. The maximum Gasteiger partial charge on any atom is 0.162 e. The van der Waals surface area contributed by atoms with Gasteiger partial charge in [0.25, 0.3) is 0 Å². The maximum atomic E-state index is 11.7. The van der Waals surface area contributed by atoms with E-state index in [1.54, 1.807) is 5.56 Å². The Labute approximate surface area is 360 Å². The van der Waals surface area contributed by atoms with Crippen LogP contribution in [0.1, 0.15) is 170 Å². The monoisotopic (exact) mass is 973 g/mol. The number of rotatable bonds is 17. The van der Waals surface area contributed by atoms with Crippen LogP contribution in [0.5, 0.6) is 0 Å². The molecule has 56 heavy (non-hydrogen) atoms. The van der Waals surface area contributed by atoms with Crippen molar-refractivity contribution in [3.05, 3.63) is 71.6 Å². The predicted molar refractivity (Wildman–Crippen MR) is 245 cm³/mol. The first-order valence-electron chi connectivity index (χ1n) is 22.3. The molecule has 0 spiro atoms. The summed E-state index contributed by atoms with van der Waals surface area (Å²) in [7, 11) is -1.87. The number of ketones is 1. The molecule has 1 aliphatic carbocycles. The number of aryl methyl sites for hydroxylation is 1. The molecule has 2 aromatic carbocycles. The Morgan fingerprint density at radius 3 is 1.95 bits per heavy atom. The number of hydrogen-bond acceptors (Lipinski definition) is 4. The second-order valence-corrected chi connectivity index (χ2v) is 22.9. The number of hydrogen-bond donors (Lipinski definition) is 1. The number of carbonyl (C=O) groups excluding carboxylic acids is 1. The zero-order valence-corrected chi connectivity index (χ0v) is 41.0. The summed E-state index contributed by atoms with van der Waals surface area (Å²) < 4.78 is 3.23. The van der Waals surface area contributed by atoms with Crippen LogP contribution in [0.2, 0.25) is 16.6 Å². The summed E-state index contributed by atoms with van der Waals surface area (Å²) in [5.74, 6) is 1.00. The van der Waals surface area contributed by atoms with Gasteiger partial charge in [0.05, 0.1) is 5.76 Å². The number of aliphatic hydroxyl groups is 1. The first kappa shape index (κ1) is 48.3. The average molecular weight is 974 g/mol. The maximum absolute atomic E-state index is 11.7. The number of carbonyl (C=O) groups is 1. The van der Waals surface area contributed by atoms with Crippen molar-refractivity contribution in [3.8, 4) is 11.3 Å². The van der Waals surface area contributed by atoms with Crippen molar-refractivity contribution in [2.75, 3.05) is 0 Å². The van der Waals surface area contributed by atoms with Crippen LogP contribution >= 0.6 is 11.3 Å². The van der Waals surface area contributed by atoms with Gasteiger partial charge in [0, 0.05) is 54.6 Å². The van der Waals surface area contributed by atoms with E-state index < -0.39 is 8.07 Å². The van der Waals surface area contributed by atoms with Gasteiger partial charge in [-0.25, -0.2) is 0 Å². The topological polar surface area (TPSA) is 50.2 Å². The van der Waals surface area contributed by atoms with Gasteiger partial charge in [-0.05, 0) is 76.7 Å². The van der Waals surface area contributed by atoms with Crippen LogP contribution < -0.4 is 4.50 Å². The van der Waals surface area contributed by atoms with Crippen molar-refractivity contribution in [1.29, 1.82) is 0 Å². The van der Waals surface area contributed by atoms with Gasteiger partial charge < -0.3 is 5.11 Å². The third kappa shape index (κ3) is 10.2. The molecule has 1 aliphatic rings. The summed E-state index contributed by atoms with van der Waals surface area (Å²) >= 11 is 2.16. The third-order valence-electron chi connectivity index (χ3n) is 13.6. The SMILES string of the molecule is CCC(CC)C(=O)/C=C(\O)C(CC)CC.CCC(CC)[Si](c1sc2c(-c3[c-]c4ccccc4c(C(C)C)c3)nccc2c1C)(C(CC)CC)C1CCCCC1.[Ir]. The van der Waals surface area contributed by atoms with Crippen LogP contribution in [-0.4, -0.2) is 23.9 Å². The van der Waals surface area contributed by atoms with Crippen LogP contribution in [0, 0.1) is 24.8 Å². The van der Waals surface area contributed by atoms with E-state index in [0.717, 1.165) is 53.6 Å². The zero-order valence-electron chi connectivity index (χ0n) is 36.8. The summed E-state index contributed by atoms with van der Waals surface area (Å²) in [5.41, 5.74) is 7.91. The third-order valence-corrected chi connectivity index (χ3v) is 23.5. The van der Waals surface area contributed by atoms with E-state index in [1.165, 1.54) is 90.3 Å². The normalized spacial score (nSPS) is 14.3. The van der Waals surface area contributed by atoms with Gasteiger partial charge in [-0.1, -0.05) is 156 Å². The molecule has 0 unspecified atom stereocenters. The van der Waals surface area contributed by atoms with Gasteiger partial charge in [0.15, 0.2) is 5.78 Å². The summed E-state index contributed by atoms with van der Waals surface area (Å²) in [6, 6.07) is 17.3. The summed E-state index contributed by atoms with van der Waals surface area (Å²) in [6.45, 7) is 25.1. The van der Waals surface area contributed by atoms with Crippen LogP contribution in [0.15, 0.2) is 54.4 Å². The van der Waals surface area contributed by atoms with Gasteiger partial charge in [0.2, 0.25) is 0 Å². The molecule has 1 fully saturated rings. The molecular weight excluding hydrogens is 899 g/mol. The van der Waals surface area contributed by atoms with Crippen molar-refractivity contribution in [2.24, 2.45) is 11.8 Å². The first-order valence-corrected chi connectivity index (χ1v) is 25.3. The van der Waals surface area contributed by atoms with Crippen LogP contribution in [0.25, 0.3) is 32.1 Å². The fourth-order valence-corrected chi connectivity index (χ4v) is 22.0. The van der Waals surface area contributed by atoms with Gasteiger partial charge >= 0.3 is 0 Å². The van der Waals surface area contributed by atoms with E-state index in [9.17, 15) is 9.90 Å². The Kier molecular flexibility index (Phi) is 19.7. The summed E-state index contributed by atoms with van der Waals surface area (Å²) in [5, 5.41) is 13.7. The first-order chi connectivity index (χ1) is 26.5. The molecule has 2 aromatic heterocycles. The van der Waals surface area contributed by atoms with Crippen LogP contribution in [-0.2, 0) is 24.9 Å². The molecule has 0 bridgehead atoms. The van der Waals surface area contributed by atoms with Gasteiger partial charge in [-0.3, -0.25) is 9.78 Å². The number of allylic oxidation sites excluding steroid dienone is 2. The van der Waals surface area contributed by atoms with Crippen molar-refractivity contribution >= 4 is 50.6 Å². The summed E-state index contributed by atoms with van der Waals surface area (Å²) in [6.07, 6.45) is 19.5. The second-order valence-electron chi connectivity index (χ2n) is 16.7. The largest absolute Gasteiger partial charge is 0.512 e. The number of thiophene rings is 1. The van der Waals surface area contributed by atoms with Crippen molar-refractivity contribution in [1.82, 2.24) is 4.98 Å². The smallest absolute Gasteiger partial charge is 0.162 e. The fraction of sp³-hybridized carbons (Fsp3) is 0.600. The van der Waals surface area contributed by atoms with E-state index >= 15 is 0 Å². The molecule has 0 atom stereocenters. The predicted octanol–water partition coefficient (Wildman–Crippen LogP) is 15.6. The van der Waals surface area contributed by atoms with Gasteiger partial charge in [-0.2, -0.15) is 11.3 Å². The van der Waals surface area contributed by atoms with Crippen molar-refractivity contribution in [2.45, 2.75) is 182 Å². The fourth-order valence-electron chi connectivity index (χ4n) is 10.5. The van der Waals surface area contributed by atoms with E-state index in [4.69, 9.17) is 4.98 Å². The van der Waals surface area contributed by atoms with Crippen molar-refractivity contribution < 1.29 is 30.0 Å². The number of aromatic nitrogens is 1. The van der Waals surface area contributed by atoms with E-state index in [1.807, 2.05) is 32.2 Å². The molecular formula is C50H74IrNO2SSi-. The van der Waals surface area contributed by atoms with Crippen LogP contribution in [0.3, 0.4) is 0 Å². The van der Waals surface area contributed by atoms with E-state index in [0.29, 0.717) is 5.92 Å². The molecule has 311 valence electrons. The number of fused-ring (bicyclic) bond motifs is 2. The Bertz CT molecular complexity index is 1830. The molecule has 1 radical (unpaired) electrons. The zero-order chi connectivity index (χ0) is 40.3. The van der Waals surface area contributed by atoms with Gasteiger partial charge in [0.1, 0.15) is 8.07 Å². The molecule has 0 aliphatic heterocycles. The number of aliphatic hydroxyl groups excluding tert-OH is 1. The molecule has 0 saturated heterocycles. The minimum absolute atomic E-state index is 0. The molecule has 1 saturated carbocycles. The Hall–Kier alpha value is -2.11. The van der Waals surface area contributed by atoms with Crippen LogP contribution in [0.4, 0.5) is 0 Å². The number of benzene rings is 2. The molecule has 0 amide bonds. The minimum atomic E-state index is -1.87.